The van der Waals surface area contributed by atoms with E-state index < -0.39 is 23.6 Å². The fourth-order valence-corrected chi connectivity index (χ4v) is 6.32. The van der Waals surface area contributed by atoms with E-state index in [4.69, 9.17) is 25.5 Å². The first-order valence-corrected chi connectivity index (χ1v) is 15.3. The molecule has 2 aromatic rings. The topological polar surface area (TPSA) is 219 Å². The first-order valence-electron chi connectivity index (χ1n) is 14.5. The number of thiophene rings is 1. The van der Waals surface area contributed by atoms with Crippen LogP contribution in [0.25, 0.3) is 10.4 Å². The first kappa shape index (κ1) is 33.2. The number of piperidine rings is 1. The molecule has 2 fully saturated rings. The number of fused-ring (bicyclic) bond motifs is 1. The van der Waals surface area contributed by atoms with Crippen molar-refractivity contribution in [1.82, 2.24) is 20.9 Å². The zero-order chi connectivity index (χ0) is 32.4. The summed E-state index contributed by atoms with van der Waals surface area (Å²) >= 11 is 1.27. The maximum absolute atomic E-state index is 13.6. The summed E-state index contributed by atoms with van der Waals surface area (Å²) in [4.78, 5) is 55.3. The van der Waals surface area contributed by atoms with Gasteiger partial charge in [0.2, 0.25) is 17.7 Å². The summed E-state index contributed by atoms with van der Waals surface area (Å²) in [6, 6.07) is 9.39. The van der Waals surface area contributed by atoms with E-state index in [9.17, 15) is 19.2 Å². The normalized spacial score (nSPS) is 20.2. The van der Waals surface area contributed by atoms with Gasteiger partial charge in [-0.25, -0.2) is 4.79 Å². The molecule has 4 amide bonds. The zero-order valence-corrected chi connectivity index (χ0v) is 25.5. The van der Waals surface area contributed by atoms with E-state index in [2.05, 4.69) is 20.7 Å². The van der Waals surface area contributed by atoms with Crippen molar-refractivity contribution in [3.05, 3.63) is 62.7 Å². The van der Waals surface area contributed by atoms with E-state index in [0.717, 1.165) is 0 Å². The van der Waals surface area contributed by atoms with E-state index in [1.54, 1.807) is 23.3 Å². The van der Waals surface area contributed by atoms with Crippen LogP contribution in [0.15, 0.2) is 46.9 Å². The minimum absolute atomic E-state index is 0.173. The third-order valence-corrected chi connectivity index (χ3v) is 8.84. The van der Waals surface area contributed by atoms with Crippen molar-refractivity contribution in [3.63, 3.8) is 0 Å². The van der Waals surface area contributed by atoms with Crippen molar-refractivity contribution in [2.75, 3.05) is 32.9 Å². The number of carboxylic acid groups (broad SMARTS) is 1. The number of rotatable bonds is 16. The molecule has 15 nitrogen and oxygen atoms in total. The molecule has 2 heterocycles. The molecule has 240 valence electrons. The molecular weight excluding hydrogens is 604 g/mol. The Labute approximate surface area is 263 Å². The van der Waals surface area contributed by atoms with E-state index in [1.807, 2.05) is 35.6 Å². The van der Waals surface area contributed by atoms with Crippen LogP contribution in [0.3, 0.4) is 0 Å². The number of azide groups is 1. The largest absolute Gasteiger partial charge is 0.494 e. The summed E-state index contributed by atoms with van der Waals surface area (Å²) in [5.41, 5.74) is 8.44. The maximum Gasteiger partial charge on any atom is 0.410 e. The van der Waals surface area contributed by atoms with Gasteiger partial charge in [-0.15, -0.1) is 11.3 Å². The summed E-state index contributed by atoms with van der Waals surface area (Å²) in [5, 5.41) is 29.4. The molecule has 1 aliphatic heterocycles. The van der Waals surface area contributed by atoms with Crippen molar-refractivity contribution < 1.29 is 33.8 Å². The Balaban J connectivity index is 1.34. The lowest BCUT2D eigenvalue weighted by atomic mass is 10.00. The van der Waals surface area contributed by atoms with Gasteiger partial charge < -0.3 is 30.1 Å². The van der Waals surface area contributed by atoms with Crippen molar-refractivity contribution in [3.8, 4) is 5.75 Å². The monoisotopic (exact) mass is 640 g/mol. The van der Waals surface area contributed by atoms with Gasteiger partial charge in [-0.05, 0) is 49.9 Å². The smallest absolute Gasteiger partial charge is 0.410 e. The van der Waals surface area contributed by atoms with Crippen LogP contribution in [-0.2, 0) is 19.1 Å². The highest BCUT2D eigenvalue weighted by molar-refractivity contribution is 7.10. The van der Waals surface area contributed by atoms with E-state index in [-0.39, 0.29) is 55.7 Å². The number of hydrogen-bond donors (Lipinski definition) is 5. The summed E-state index contributed by atoms with van der Waals surface area (Å²) in [6.45, 7) is 2.55. The molecule has 16 heteroatoms. The van der Waals surface area contributed by atoms with Crippen molar-refractivity contribution >= 4 is 41.0 Å². The van der Waals surface area contributed by atoms with Gasteiger partial charge in [0.25, 0.3) is 0 Å². The molecule has 1 unspecified atom stereocenters. The zero-order valence-electron chi connectivity index (χ0n) is 24.7. The predicted octanol–water partition coefficient (Wildman–Crippen LogP) is 3.18. The molecule has 1 saturated carbocycles. The number of carbonyl (C=O) groups excluding carboxylic acids is 3. The van der Waals surface area contributed by atoms with E-state index in [1.165, 1.54) is 11.3 Å². The van der Waals surface area contributed by atoms with Gasteiger partial charge in [0.05, 0.1) is 32.4 Å². The molecule has 4 atom stereocenters. The Bertz CT molecular complexity index is 1450. The second-order valence-electron chi connectivity index (χ2n) is 10.9. The molecule has 1 saturated heterocycles. The molecule has 5 N–H and O–H groups in total. The van der Waals surface area contributed by atoms with Crippen LogP contribution in [-0.4, -0.2) is 84.7 Å². The van der Waals surface area contributed by atoms with Crippen LogP contribution >= 0.6 is 11.3 Å². The van der Waals surface area contributed by atoms with Gasteiger partial charge in [-0.2, -0.15) is 0 Å². The number of nitrogens with one attached hydrogen (secondary N) is 4. The number of benzene rings is 1. The lowest BCUT2D eigenvalue weighted by molar-refractivity contribution is -0.140. The number of para-hydroxylation sites is 1. The Hall–Kier alpha value is -4.66. The Kier molecular flexibility index (Phi) is 11.4. The number of hydrogen-bond acceptors (Lipinski definition) is 9. The van der Waals surface area contributed by atoms with Crippen molar-refractivity contribution in [1.29, 1.82) is 5.41 Å². The third-order valence-electron chi connectivity index (χ3n) is 7.72. The summed E-state index contributed by atoms with van der Waals surface area (Å²) in [6.07, 6.45) is 0.323. The van der Waals surface area contributed by atoms with Crippen LogP contribution in [0.2, 0.25) is 0 Å². The molecule has 2 aliphatic rings. The van der Waals surface area contributed by atoms with Gasteiger partial charge in [0, 0.05) is 45.2 Å². The predicted molar refractivity (Wildman–Crippen MR) is 164 cm³/mol. The quantitative estimate of drug-likeness (QED) is 0.0460. The summed E-state index contributed by atoms with van der Waals surface area (Å²) in [7, 11) is 0. The number of ether oxygens (including phenoxy) is 2. The van der Waals surface area contributed by atoms with Gasteiger partial charge in [0.1, 0.15) is 17.6 Å². The molecule has 1 aliphatic carbocycles. The average molecular weight is 641 g/mol. The highest BCUT2D eigenvalue weighted by Gasteiger charge is 2.67. The van der Waals surface area contributed by atoms with Crippen molar-refractivity contribution in [2.45, 2.75) is 50.7 Å². The molecule has 1 aromatic heterocycles. The molecule has 1 aromatic carbocycles. The average Bonchev–Trinajstić information content (AvgIpc) is 3.34. The van der Waals surface area contributed by atoms with Crippen molar-refractivity contribution in [2.24, 2.45) is 10.5 Å². The van der Waals surface area contributed by atoms with E-state index in [0.29, 0.717) is 48.7 Å². The van der Waals surface area contributed by atoms with Crippen LogP contribution in [0.5, 0.6) is 5.75 Å². The van der Waals surface area contributed by atoms with Crippen LogP contribution in [0.1, 0.15) is 49.1 Å². The minimum atomic E-state index is -1.34. The minimum Gasteiger partial charge on any atom is -0.494 e. The molecule has 45 heavy (non-hydrogen) atoms. The highest BCUT2D eigenvalue weighted by Crippen LogP contribution is 2.59. The first-order chi connectivity index (χ1) is 21.6. The third kappa shape index (κ3) is 8.94. The molecule has 0 bridgehead atoms. The molecule has 4 rings (SSSR count). The van der Waals surface area contributed by atoms with Gasteiger partial charge >= 0.3 is 6.09 Å². The second kappa shape index (κ2) is 15.4. The molecule has 0 radical (unpaired) electrons. The SMILES string of the molecule is CC(NC(=O)[C@@H]1C[C@]2(COCCN=[N+]=[N-])C[C@@H]2N1C(=O)CNC(=O)CCCOc1ccccc1)c1cc(C(=N)NC(=O)O)cs1. The fraction of sp³-hybridized carbons (Fsp3) is 0.483. The highest BCUT2D eigenvalue weighted by atomic mass is 32.1. The van der Waals surface area contributed by atoms with Crippen LogP contribution in [0, 0.1) is 10.8 Å². The molecular formula is C29H36N8O7S. The van der Waals surface area contributed by atoms with Crippen LogP contribution in [0.4, 0.5) is 4.79 Å². The lowest BCUT2D eigenvalue weighted by Gasteiger charge is -2.28. The lowest BCUT2D eigenvalue weighted by Crippen LogP contribution is -2.51. The Morgan fingerprint density at radius 1 is 1.24 bits per heavy atom. The number of amides is 4. The fourth-order valence-electron chi connectivity index (χ4n) is 5.41. The standard InChI is InChI=1S/C29H36N8O7S/c1-18(22-12-19(16-45-22)26(30)35-28(41)42)34-27(40)21-13-29(17-43-11-9-33-36-31)14-23(29)37(21)25(39)15-32-24(38)8-5-10-44-20-6-3-2-4-7-20/h2-4,6-7,12,16,18,21,23H,5,8-11,13-15,17H2,1H3,(H2,30,35)(H,32,38)(H,34,40)(H,41,42)/t18?,21-,23-,29+/m0/s1. The second-order valence-corrected chi connectivity index (χ2v) is 11.9. The number of amidine groups is 1. The van der Waals surface area contributed by atoms with Crippen LogP contribution < -0.4 is 20.7 Å². The number of likely N-dealkylation sites (tertiary alicyclic amines) is 1. The summed E-state index contributed by atoms with van der Waals surface area (Å²) < 4.78 is 11.3. The number of nitrogens with zero attached hydrogens (tertiary/aromatic N) is 4. The summed E-state index contributed by atoms with van der Waals surface area (Å²) in [5.74, 6) is -0.598. The number of carbonyl (C=O) groups is 4. The van der Waals surface area contributed by atoms with E-state index >= 15 is 0 Å². The Morgan fingerprint density at radius 2 is 2.02 bits per heavy atom. The van der Waals surface area contributed by atoms with Gasteiger partial charge in [-0.3, -0.25) is 25.1 Å². The van der Waals surface area contributed by atoms with Gasteiger partial charge in [-0.1, -0.05) is 23.3 Å². The molecule has 0 spiro atoms. The Morgan fingerprint density at radius 3 is 2.76 bits per heavy atom. The van der Waals surface area contributed by atoms with Gasteiger partial charge in [0.15, 0.2) is 0 Å². The maximum atomic E-state index is 13.6.